The van der Waals surface area contributed by atoms with E-state index in [2.05, 4.69) is 15.3 Å². The fourth-order valence-electron chi connectivity index (χ4n) is 2.08. The molecule has 0 amide bonds. The number of guanidine groups is 1. The second-order valence-electron chi connectivity index (χ2n) is 4.95. The maximum atomic E-state index is 5.95. The number of benzene rings is 1. The predicted octanol–water partition coefficient (Wildman–Crippen LogP) is 2.68. The molecule has 0 aliphatic carbocycles. The summed E-state index contributed by atoms with van der Waals surface area (Å²) < 4.78 is 16.6. The zero-order valence-corrected chi connectivity index (χ0v) is 14.6. The lowest BCUT2D eigenvalue weighted by Crippen LogP contribution is -2.24. The van der Waals surface area contributed by atoms with Crippen LogP contribution in [0, 0.1) is 0 Å². The van der Waals surface area contributed by atoms with Crippen molar-refractivity contribution in [1.82, 2.24) is 4.98 Å². The largest absolute Gasteiger partial charge is 0.494 e. The maximum absolute atomic E-state index is 5.95. The van der Waals surface area contributed by atoms with E-state index < -0.39 is 0 Å². The lowest BCUT2D eigenvalue weighted by atomic mass is 10.2. The fourth-order valence-corrected chi connectivity index (χ4v) is 2.08. The van der Waals surface area contributed by atoms with E-state index in [-0.39, 0.29) is 5.96 Å². The Kier molecular flexibility index (Phi) is 7.37. The molecule has 1 aromatic carbocycles. The van der Waals surface area contributed by atoms with Crippen molar-refractivity contribution in [1.29, 1.82) is 0 Å². The van der Waals surface area contributed by atoms with Crippen LogP contribution in [0.15, 0.2) is 47.7 Å². The minimum atomic E-state index is 0.282. The van der Waals surface area contributed by atoms with Gasteiger partial charge in [0.05, 0.1) is 31.6 Å². The number of nitrogens with zero attached hydrogens (tertiary/aromatic N) is 2. The maximum Gasteiger partial charge on any atom is 0.193 e. The molecule has 7 heteroatoms. The Morgan fingerprint density at radius 2 is 1.96 bits per heavy atom. The van der Waals surface area contributed by atoms with Gasteiger partial charge in [0.2, 0.25) is 0 Å². The molecule has 0 aliphatic rings. The van der Waals surface area contributed by atoms with Gasteiger partial charge in [0, 0.05) is 12.3 Å². The first-order valence-electron chi connectivity index (χ1n) is 8.22. The number of anilines is 1. The number of rotatable bonds is 9. The number of nitrogens with two attached hydrogens (primary N) is 1. The van der Waals surface area contributed by atoms with E-state index in [1.165, 1.54) is 0 Å². The van der Waals surface area contributed by atoms with Crippen LogP contribution in [0.4, 0.5) is 5.69 Å². The Labute approximate surface area is 147 Å². The monoisotopic (exact) mass is 344 g/mol. The zero-order chi connectivity index (χ0) is 17.9. The zero-order valence-electron chi connectivity index (χ0n) is 14.6. The van der Waals surface area contributed by atoms with E-state index in [9.17, 15) is 0 Å². The van der Waals surface area contributed by atoms with Crippen molar-refractivity contribution in [2.45, 2.75) is 13.8 Å². The van der Waals surface area contributed by atoms with E-state index in [1.807, 2.05) is 44.2 Å². The third-order valence-corrected chi connectivity index (χ3v) is 3.10. The highest BCUT2D eigenvalue weighted by Crippen LogP contribution is 2.29. The van der Waals surface area contributed by atoms with Gasteiger partial charge in [-0.1, -0.05) is 0 Å². The summed E-state index contributed by atoms with van der Waals surface area (Å²) in [7, 11) is 0. The van der Waals surface area contributed by atoms with Gasteiger partial charge in [-0.15, -0.1) is 0 Å². The topological polar surface area (TPSA) is 91.0 Å². The first kappa shape index (κ1) is 18.4. The molecule has 0 bridgehead atoms. The highest BCUT2D eigenvalue weighted by atomic mass is 16.5. The molecular formula is C18H24N4O3. The third-order valence-electron chi connectivity index (χ3n) is 3.10. The van der Waals surface area contributed by atoms with Crippen LogP contribution in [0.5, 0.6) is 17.2 Å². The first-order chi connectivity index (χ1) is 12.2. The van der Waals surface area contributed by atoms with Gasteiger partial charge in [-0.2, -0.15) is 0 Å². The van der Waals surface area contributed by atoms with Gasteiger partial charge >= 0.3 is 0 Å². The number of pyridine rings is 1. The molecule has 0 atom stereocenters. The van der Waals surface area contributed by atoms with Crippen LogP contribution in [0.2, 0.25) is 0 Å². The van der Waals surface area contributed by atoms with E-state index in [1.54, 1.807) is 12.4 Å². The summed E-state index contributed by atoms with van der Waals surface area (Å²) in [6.07, 6.45) is 3.35. The van der Waals surface area contributed by atoms with Crippen molar-refractivity contribution in [2.75, 3.05) is 31.7 Å². The molecule has 0 radical (unpaired) electrons. The van der Waals surface area contributed by atoms with Gasteiger partial charge in [-0.05, 0) is 38.1 Å². The van der Waals surface area contributed by atoms with Gasteiger partial charge in [-0.25, -0.2) is 4.99 Å². The van der Waals surface area contributed by atoms with Crippen LogP contribution in [-0.2, 0) is 0 Å². The predicted molar refractivity (Wildman–Crippen MR) is 98.6 cm³/mol. The van der Waals surface area contributed by atoms with Crippen LogP contribution >= 0.6 is 0 Å². The molecular weight excluding hydrogens is 320 g/mol. The molecule has 2 aromatic rings. The quantitative estimate of drug-likeness (QED) is 0.413. The molecule has 0 saturated heterocycles. The standard InChI is InChI=1S/C18H24N4O3/c1-3-23-14-7-8-17(24-4-2)16(12-14)22-18(19)21-10-11-25-15-6-5-9-20-13-15/h5-9,12-13H,3-4,10-11H2,1-2H3,(H3,19,21,22). The summed E-state index contributed by atoms with van der Waals surface area (Å²) in [6.45, 7) is 5.82. The van der Waals surface area contributed by atoms with Crippen molar-refractivity contribution in [3.63, 3.8) is 0 Å². The molecule has 2 rings (SSSR count). The number of ether oxygens (including phenoxy) is 3. The van der Waals surface area contributed by atoms with Crippen LogP contribution < -0.4 is 25.3 Å². The lowest BCUT2D eigenvalue weighted by Gasteiger charge is -2.14. The van der Waals surface area contributed by atoms with E-state index in [0.717, 1.165) is 5.75 Å². The second kappa shape index (κ2) is 10.0. The minimum absolute atomic E-state index is 0.282. The van der Waals surface area contributed by atoms with E-state index in [4.69, 9.17) is 19.9 Å². The van der Waals surface area contributed by atoms with E-state index >= 15 is 0 Å². The summed E-state index contributed by atoms with van der Waals surface area (Å²) >= 11 is 0. The Morgan fingerprint density at radius 3 is 2.68 bits per heavy atom. The number of aliphatic imine (C=N–C) groups is 1. The first-order valence-corrected chi connectivity index (χ1v) is 8.22. The summed E-state index contributed by atoms with van der Waals surface area (Å²) in [5.41, 5.74) is 6.66. The van der Waals surface area contributed by atoms with Crippen molar-refractivity contribution in [3.05, 3.63) is 42.7 Å². The number of hydrogen-bond acceptors (Lipinski definition) is 5. The SMILES string of the molecule is CCOc1ccc(OCC)c(NC(N)=NCCOc2cccnc2)c1. The average Bonchev–Trinajstić information content (AvgIpc) is 2.62. The van der Waals surface area contributed by atoms with Crippen LogP contribution in [0.1, 0.15) is 13.8 Å². The highest BCUT2D eigenvalue weighted by molar-refractivity contribution is 5.94. The van der Waals surface area contributed by atoms with Gasteiger partial charge in [0.15, 0.2) is 5.96 Å². The van der Waals surface area contributed by atoms with Crippen LogP contribution in [-0.4, -0.2) is 37.3 Å². The molecule has 1 aromatic heterocycles. The van der Waals surface area contributed by atoms with Crippen molar-refractivity contribution in [2.24, 2.45) is 10.7 Å². The van der Waals surface area contributed by atoms with Gasteiger partial charge in [-0.3, -0.25) is 4.98 Å². The molecule has 0 spiro atoms. The Bertz CT molecular complexity index is 677. The molecule has 0 saturated carbocycles. The number of hydrogen-bond donors (Lipinski definition) is 2. The Morgan fingerprint density at radius 1 is 1.12 bits per heavy atom. The average molecular weight is 344 g/mol. The highest BCUT2D eigenvalue weighted by Gasteiger charge is 2.07. The molecule has 3 N–H and O–H groups in total. The van der Waals surface area contributed by atoms with Gasteiger partial charge < -0.3 is 25.3 Å². The van der Waals surface area contributed by atoms with Crippen molar-refractivity contribution in [3.8, 4) is 17.2 Å². The van der Waals surface area contributed by atoms with Crippen LogP contribution in [0.3, 0.4) is 0 Å². The second-order valence-corrected chi connectivity index (χ2v) is 4.95. The molecule has 25 heavy (non-hydrogen) atoms. The van der Waals surface area contributed by atoms with Gasteiger partial charge in [0.1, 0.15) is 23.9 Å². The summed E-state index contributed by atoms with van der Waals surface area (Å²) in [5, 5.41) is 3.05. The number of nitrogens with one attached hydrogen (secondary N) is 1. The molecule has 0 fully saturated rings. The van der Waals surface area contributed by atoms with Crippen LogP contribution in [0.25, 0.3) is 0 Å². The molecule has 0 aliphatic heterocycles. The molecule has 134 valence electrons. The molecule has 7 nitrogen and oxygen atoms in total. The summed E-state index contributed by atoms with van der Waals surface area (Å²) in [5.74, 6) is 2.41. The smallest absolute Gasteiger partial charge is 0.193 e. The van der Waals surface area contributed by atoms with Gasteiger partial charge in [0.25, 0.3) is 0 Å². The Hall–Kier alpha value is -2.96. The van der Waals surface area contributed by atoms with E-state index in [0.29, 0.717) is 43.6 Å². The van der Waals surface area contributed by atoms with Crippen molar-refractivity contribution >= 4 is 11.6 Å². The Balaban J connectivity index is 1.93. The summed E-state index contributed by atoms with van der Waals surface area (Å²) in [6, 6.07) is 9.19. The normalized spacial score (nSPS) is 11.0. The van der Waals surface area contributed by atoms with Crippen molar-refractivity contribution < 1.29 is 14.2 Å². The lowest BCUT2D eigenvalue weighted by molar-refractivity contribution is 0.327. The molecule has 1 heterocycles. The molecule has 0 unspecified atom stereocenters. The third kappa shape index (κ3) is 6.21. The summed E-state index contributed by atoms with van der Waals surface area (Å²) in [4.78, 5) is 8.23. The number of aromatic nitrogens is 1. The fraction of sp³-hybridized carbons (Fsp3) is 0.333. The minimum Gasteiger partial charge on any atom is -0.494 e.